The Kier molecular flexibility index (Phi) is 8.30. The molecule has 2 heteroatoms. The minimum atomic E-state index is -0.344. The summed E-state index contributed by atoms with van der Waals surface area (Å²) in [4.78, 5) is 12.6. The van der Waals surface area contributed by atoms with Gasteiger partial charge in [0.05, 0.1) is 5.56 Å². The summed E-state index contributed by atoms with van der Waals surface area (Å²) in [7, 11) is 0. The molecule has 0 amide bonds. The molecular formula is C33H32O2. The summed E-state index contributed by atoms with van der Waals surface area (Å²) >= 11 is 0. The zero-order chi connectivity index (χ0) is 24.5. The van der Waals surface area contributed by atoms with Crippen LogP contribution < -0.4 is 4.74 Å². The van der Waals surface area contributed by atoms with Gasteiger partial charge in [-0.05, 0) is 84.2 Å². The highest BCUT2D eigenvalue weighted by molar-refractivity contribution is 5.91. The fourth-order valence-corrected chi connectivity index (χ4v) is 4.19. The molecule has 0 aliphatic rings. The van der Waals surface area contributed by atoms with Gasteiger partial charge in [-0.15, -0.1) is 0 Å². The van der Waals surface area contributed by atoms with Crippen LogP contribution >= 0.6 is 0 Å². The summed E-state index contributed by atoms with van der Waals surface area (Å²) in [6.07, 6.45) is 7.21. The highest BCUT2D eigenvalue weighted by Crippen LogP contribution is 2.24. The molecule has 0 saturated carbocycles. The molecular weight excluding hydrogens is 428 g/mol. The maximum atomic E-state index is 12.6. The SMILES string of the molecule is C/C=C/CCc1ccc(OC(=O)c2ccc(-c3ccc(C[C@H](C)c4ccccc4)cc3)cc2)cc1. The second kappa shape index (κ2) is 12.0. The number of rotatable bonds is 9. The fraction of sp³-hybridized carbons (Fsp3) is 0.182. The monoisotopic (exact) mass is 460 g/mol. The van der Waals surface area contributed by atoms with Crippen LogP contribution in [-0.2, 0) is 12.8 Å². The van der Waals surface area contributed by atoms with Crippen molar-refractivity contribution in [1.29, 1.82) is 0 Å². The van der Waals surface area contributed by atoms with E-state index in [1.54, 1.807) is 0 Å². The normalized spacial score (nSPS) is 11.9. The van der Waals surface area contributed by atoms with Gasteiger partial charge in [0.1, 0.15) is 5.75 Å². The van der Waals surface area contributed by atoms with Crippen LogP contribution in [0.4, 0.5) is 0 Å². The summed E-state index contributed by atoms with van der Waals surface area (Å²) in [5, 5.41) is 0. The Balaban J connectivity index is 1.34. The number of hydrogen-bond donors (Lipinski definition) is 0. The molecule has 0 aliphatic heterocycles. The van der Waals surface area contributed by atoms with E-state index in [9.17, 15) is 4.79 Å². The van der Waals surface area contributed by atoms with E-state index < -0.39 is 0 Å². The molecule has 4 aromatic carbocycles. The van der Waals surface area contributed by atoms with E-state index in [0.717, 1.165) is 30.4 Å². The Hall–Kier alpha value is -3.91. The number of hydrogen-bond acceptors (Lipinski definition) is 2. The van der Waals surface area contributed by atoms with Crippen molar-refractivity contribution < 1.29 is 9.53 Å². The van der Waals surface area contributed by atoms with Crippen molar-refractivity contribution in [2.45, 2.75) is 39.0 Å². The zero-order valence-electron chi connectivity index (χ0n) is 20.5. The van der Waals surface area contributed by atoms with Gasteiger partial charge in [-0.25, -0.2) is 4.79 Å². The van der Waals surface area contributed by atoms with Crippen LogP contribution in [0.2, 0.25) is 0 Å². The average Bonchev–Trinajstić information content (AvgIpc) is 2.91. The Labute approximate surface area is 208 Å². The molecule has 4 aromatic rings. The van der Waals surface area contributed by atoms with Gasteiger partial charge in [0.15, 0.2) is 0 Å². The maximum absolute atomic E-state index is 12.6. The largest absolute Gasteiger partial charge is 0.423 e. The first-order valence-electron chi connectivity index (χ1n) is 12.3. The van der Waals surface area contributed by atoms with Crippen molar-refractivity contribution in [3.63, 3.8) is 0 Å². The zero-order valence-corrected chi connectivity index (χ0v) is 20.5. The van der Waals surface area contributed by atoms with E-state index in [4.69, 9.17) is 4.74 Å². The molecule has 0 aliphatic carbocycles. The van der Waals surface area contributed by atoms with Crippen LogP contribution in [0.1, 0.15) is 53.2 Å². The summed E-state index contributed by atoms with van der Waals surface area (Å²) in [5.74, 6) is 0.694. The molecule has 0 saturated heterocycles. The predicted molar refractivity (Wildman–Crippen MR) is 145 cm³/mol. The molecule has 0 heterocycles. The first-order valence-corrected chi connectivity index (χ1v) is 12.3. The highest BCUT2D eigenvalue weighted by Gasteiger charge is 2.10. The minimum Gasteiger partial charge on any atom is -0.423 e. The third-order valence-corrected chi connectivity index (χ3v) is 6.29. The van der Waals surface area contributed by atoms with Crippen molar-refractivity contribution in [1.82, 2.24) is 0 Å². The number of benzene rings is 4. The van der Waals surface area contributed by atoms with Crippen molar-refractivity contribution in [2.75, 3.05) is 0 Å². The van der Waals surface area contributed by atoms with Gasteiger partial charge in [0.2, 0.25) is 0 Å². The van der Waals surface area contributed by atoms with Crippen LogP contribution in [0.5, 0.6) is 5.75 Å². The number of allylic oxidation sites excluding steroid dienone is 2. The van der Waals surface area contributed by atoms with E-state index in [0.29, 0.717) is 17.2 Å². The van der Waals surface area contributed by atoms with Crippen molar-refractivity contribution in [3.05, 3.63) is 138 Å². The number of aryl methyl sites for hydroxylation is 1. The number of carbonyl (C=O) groups is 1. The van der Waals surface area contributed by atoms with Gasteiger partial charge < -0.3 is 4.74 Å². The Bertz CT molecular complexity index is 1240. The van der Waals surface area contributed by atoms with Crippen molar-refractivity contribution in [2.24, 2.45) is 0 Å². The lowest BCUT2D eigenvalue weighted by Gasteiger charge is -2.12. The van der Waals surface area contributed by atoms with Gasteiger partial charge in [-0.2, -0.15) is 0 Å². The summed E-state index contributed by atoms with van der Waals surface area (Å²) < 4.78 is 5.56. The van der Waals surface area contributed by atoms with E-state index in [1.165, 1.54) is 16.7 Å². The third-order valence-electron chi connectivity index (χ3n) is 6.29. The minimum absolute atomic E-state index is 0.344. The van der Waals surface area contributed by atoms with Gasteiger partial charge in [0, 0.05) is 0 Å². The number of ether oxygens (including phenoxy) is 1. The van der Waals surface area contributed by atoms with Crippen LogP contribution in [0.25, 0.3) is 11.1 Å². The molecule has 0 unspecified atom stereocenters. The summed E-state index contributed by atoms with van der Waals surface area (Å²) in [5.41, 5.74) is 6.66. The van der Waals surface area contributed by atoms with Crippen molar-refractivity contribution in [3.8, 4) is 16.9 Å². The van der Waals surface area contributed by atoms with Crippen LogP contribution in [-0.4, -0.2) is 5.97 Å². The molecule has 0 N–H and O–H groups in total. The second-order valence-corrected chi connectivity index (χ2v) is 8.93. The van der Waals surface area contributed by atoms with E-state index in [1.807, 2.05) is 55.5 Å². The molecule has 4 rings (SSSR count). The number of carbonyl (C=O) groups excluding carboxylic acids is 1. The Morgan fingerprint density at radius 1 is 0.771 bits per heavy atom. The molecule has 0 radical (unpaired) electrons. The Morgan fingerprint density at radius 2 is 1.37 bits per heavy atom. The molecule has 176 valence electrons. The van der Waals surface area contributed by atoms with Crippen LogP contribution in [0.3, 0.4) is 0 Å². The maximum Gasteiger partial charge on any atom is 0.343 e. The third kappa shape index (κ3) is 6.80. The van der Waals surface area contributed by atoms with Gasteiger partial charge >= 0.3 is 5.97 Å². The van der Waals surface area contributed by atoms with Crippen LogP contribution in [0.15, 0.2) is 115 Å². The lowest BCUT2D eigenvalue weighted by Crippen LogP contribution is -2.08. The molecule has 35 heavy (non-hydrogen) atoms. The van der Waals surface area contributed by atoms with Gasteiger partial charge in [0.25, 0.3) is 0 Å². The first-order chi connectivity index (χ1) is 17.1. The van der Waals surface area contributed by atoms with E-state index in [-0.39, 0.29) is 5.97 Å². The number of esters is 1. The van der Waals surface area contributed by atoms with E-state index >= 15 is 0 Å². The molecule has 0 aromatic heterocycles. The first kappa shape index (κ1) is 24.2. The predicted octanol–water partition coefficient (Wildman–Crippen LogP) is 8.43. The standard InChI is InChI=1S/C33H32O2/c1-3-4-6-9-26-14-22-32(23-15-26)35-33(34)31-20-18-30(19-21-31)29-16-12-27(13-17-29)24-25(2)28-10-7-5-8-11-28/h3-5,7-8,10-23,25H,6,9,24H2,1-2H3/b4-3+/t25-/m0/s1. The highest BCUT2D eigenvalue weighted by atomic mass is 16.5. The molecule has 0 bridgehead atoms. The van der Waals surface area contributed by atoms with Crippen molar-refractivity contribution >= 4 is 5.97 Å². The summed E-state index contributed by atoms with van der Waals surface area (Å²) in [6, 6.07) is 34.7. The molecule has 0 spiro atoms. The fourth-order valence-electron chi connectivity index (χ4n) is 4.19. The smallest absolute Gasteiger partial charge is 0.343 e. The molecule has 0 fully saturated rings. The molecule has 1 atom stereocenters. The second-order valence-electron chi connectivity index (χ2n) is 8.93. The lowest BCUT2D eigenvalue weighted by molar-refractivity contribution is 0.0734. The van der Waals surface area contributed by atoms with E-state index in [2.05, 4.69) is 73.7 Å². The van der Waals surface area contributed by atoms with Gasteiger partial charge in [-0.3, -0.25) is 0 Å². The summed E-state index contributed by atoms with van der Waals surface area (Å²) in [6.45, 7) is 4.29. The lowest BCUT2D eigenvalue weighted by atomic mass is 9.93. The topological polar surface area (TPSA) is 26.3 Å². The van der Waals surface area contributed by atoms with Gasteiger partial charge in [-0.1, -0.05) is 97.9 Å². The van der Waals surface area contributed by atoms with Crippen LogP contribution in [0, 0.1) is 0 Å². The quantitative estimate of drug-likeness (QED) is 0.142. The Morgan fingerprint density at radius 3 is 2.00 bits per heavy atom. The average molecular weight is 461 g/mol. The molecule has 2 nitrogen and oxygen atoms in total.